The lowest BCUT2D eigenvalue weighted by Crippen LogP contribution is -2.43. The van der Waals surface area contributed by atoms with E-state index in [0.29, 0.717) is 12.0 Å². The quantitative estimate of drug-likeness (QED) is 0.650. The summed E-state index contributed by atoms with van der Waals surface area (Å²) in [6.45, 7) is 7.39. The number of carbonyl (C=O) groups excluding carboxylic acids is 3. The average molecular weight is 364 g/mol. The van der Waals surface area contributed by atoms with E-state index < -0.39 is 11.6 Å². The third-order valence-electron chi connectivity index (χ3n) is 5.42. The van der Waals surface area contributed by atoms with E-state index in [1.165, 1.54) is 0 Å². The highest BCUT2D eigenvalue weighted by atomic mass is 16.2. The van der Waals surface area contributed by atoms with Gasteiger partial charge in [0.15, 0.2) is 5.78 Å². The molecule has 0 unspecified atom stereocenters. The Hall–Kier alpha value is -2.95. The molecule has 1 atom stereocenters. The van der Waals surface area contributed by atoms with Crippen LogP contribution in [0.1, 0.15) is 46.0 Å². The molecule has 1 N–H and O–H groups in total. The molecule has 5 nitrogen and oxygen atoms in total. The summed E-state index contributed by atoms with van der Waals surface area (Å²) in [6.07, 6.45) is 0.412. The van der Waals surface area contributed by atoms with Gasteiger partial charge in [0.2, 0.25) is 0 Å². The van der Waals surface area contributed by atoms with Gasteiger partial charge in [0.05, 0.1) is 6.54 Å². The lowest BCUT2D eigenvalue weighted by atomic mass is 9.87. The summed E-state index contributed by atoms with van der Waals surface area (Å²) in [5.41, 5.74) is 3.12. The third kappa shape index (κ3) is 3.14. The number of amides is 3. The largest absolute Gasteiger partial charge is 0.325 e. The Bertz CT molecular complexity index is 921. The molecule has 3 amide bonds. The Kier molecular flexibility index (Phi) is 4.87. The second kappa shape index (κ2) is 6.99. The Labute approximate surface area is 159 Å². The molecule has 1 aliphatic heterocycles. The van der Waals surface area contributed by atoms with Gasteiger partial charge in [-0.1, -0.05) is 43.3 Å². The van der Waals surface area contributed by atoms with Gasteiger partial charge in [0.1, 0.15) is 5.54 Å². The van der Waals surface area contributed by atoms with Gasteiger partial charge in [-0.2, -0.15) is 0 Å². The summed E-state index contributed by atoms with van der Waals surface area (Å²) in [7, 11) is 0. The molecule has 1 fully saturated rings. The average Bonchev–Trinajstić information content (AvgIpc) is 2.90. The zero-order valence-corrected chi connectivity index (χ0v) is 16.1. The summed E-state index contributed by atoms with van der Waals surface area (Å²) in [4.78, 5) is 39.6. The van der Waals surface area contributed by atoms with Gasteiger partial charge >= 0.3 is 6.03 Å². The van der Waals surface area contributed by atoms with Crippen molar-refractivity contribution in [1.82, 2.24) is 10.2 Å². The molecule has 0 bridgehead atoms. The van der Waals surface area contributed by atoms with Crippen molar-refractivity contribution in [2.24, 2.45) is 0 Å². The van der Waals surface area contributed by atoms with E-state index in [-0.39, 0.29) is 18.2 Å². The van der Waals surface area contributed by atoms with Crippen LogP contribution in [0.5, 0.6) is 0 Å². The number of imide groups is 1. The zero-order valence-electron chi connectivity index (χ0n) is 16.1. The number of aryl methyl sites for hydroxylation is 3. The summed E-state index contributed by atoms with van der Waals surface area (Å²) in [5.74, 6) is -0.616. The molecule has 2 aromatic rings. The van der Waals surface area contributed by atoms with Gasteiger partial charge in [-0.25, -0.2) is 4.79 Å². The minimum absolute atomic E-state index is 0.237. The van der Waals surface area contributed by atoms with Crippen molar-refractivity contribution in [3.05, 3.63) is 70.3 Å². The lowest BCUT2D eigenvalue weighted by Gasteiger charge is -2.25. The number of hydrogen-bond acceptors (Lipinski definition) is 3. The van der Waals surface area contributed by atoms with Crippen LogP contribution in [0.2, 0.25) is 0 Å². The fourth-order valence-electron chi connectivity index (χ4n) is 3.62. The van der Waals surface area contributed by atoms with E-state index in [2.05, 4.69) is 5.32 Å². The molecule has 0 radical (unpaired) electrons. The van der Waals surface area contributed by atoms with Crippen LogP contribution in [-0.4, -0.2) is 29.2 Å². The molecule has 2 aromatic carbocycles. The van der Waals surface area contributed by atoms with Gasteiger partial charge in [-0.05, 0) is 55.5 Å². The highest BCUT2D eigenvalue weighted by Crippen LogP contribution is 2.32. The maximum Gasteiger partial charge on any atom is 0.325 e. The molecule has 1 heterocycles. The van der Waals surface area contributed by atoms with Crippen LogP contribution in [0.4, 0.5) is 4.79 Å². The van der Waals surface area contributed by atoms with E-state index in [4.69, 9.17) is 0 Å². The van der Waals surface area contributed by atoms with Crippen LogP contribution < -0.4 is 5.32 Å². The summed E-state index contributed by atoms with van der Waals surface area (Å²) in [6, 6.07) is 12.4. The molecule has 0 spiro atoms. The van der Waals surface area contributed by atoms with Crippen LogP contribution in [-0.2, 0) is 10.3 Å². The predicted octanol–water partition coefficient (Wildman–Crippen LogP) is 3.65. The molecule has 1 saturated heterocycles. The number of Topliss-reactive ketones (excluding diaryl/α,β-unsaturated/α-hetero) is 1. The number of ketones is 1. The van der Waals surface area contributed by atoms with E-state index in [1.54, 1.807) is 0 Å². The van der Waals surface area contributed by atoms with Crippen molar-refractivity contribution in [3.8, 4) is 0 Å². The number of benzene rings is 2. The number of rotatable bonds is 5. The van der Waals surface area contributed by atoms with Gasteiger partial charge in [0.25, 0.3) is 5.91 Å². The topological polar surface area (TPSA) is 66.5 Å². The maximum atomic E-state index is 13.1. The summed E-state index contributed by atoms with van der Waals surface area (Å²) < 4.78 is 0. The molecule has 0 aliphatic carbocycles. The van der Waals surface area contributed by atoms with Crippen molar-refractivity contribution in [1.29, 1.82) is 0 Å². The van der Waals surface area contributed by atoms with Gasteiger partial charge in [-0.15, -0.1) is 0 Å². The number of nitrogens with zero attached hydrogens (tertiary/aromatic N) is 1. The van der Waals surface area contributed by atoms with Gasteiger partial charge in [-0.3, -0.25) is 14.5 Å². The first-order valence-corrected chi connectivity index (χ1v) is 9.11. The standard InChI is InChI=1S/C22H24N2O3/c1-5-22(17-9-7-6-8-10-17)20(26)24(21(27)23-22)13-19(25)18-12-15(3)14(2)11-16(18)4/h6-12H,5,13H2,1-4H3,(H,23,27)/t22-/m0/s1. The number of hydrogen-bond donors (Lipinski definition) is 1. The monoisotopic (exact) mass is 364 g/mol. The Morgan fingerprint density at radius 3 is 2.26 bits per heavy atom. The summed E-state index contributed by atoms with van der Waals surface area (Å²) in [5, 5.41) is 2.81. The molecule has 0 aromatic heterocycles. The van der Waals surface area contributed by atoms with E-state index in [0.717, 1.165) is 27.2 Å². The molecule has 3 rings (SSSR count). The van der Waals surface area contributed by atoms with E-state index in [1.807, 2.05) is 70.2 Å². The number of carbonyl (C=O) groups is 3. The van der Waals surface area contributed by atoms with Crippen molar-refractivity contribution in [3.63, 3.8) is 0 Å². The molecule has 0 saturated carbocycles. The lowest BCUT2D eigenvalue weighted by molar-refractivity contribution is -0.131. The van der Waals surface area contributed by atoms with Crippen LogP contribution >= 0.6 is 0 Å². The Morgan fingerprint density at radius 1 is 1.00 bits per heavy atom. The Balaban J connectivity index is 1.90. The van der Waals surface area contributed by atoms with Crippen molar-refractivity contribution in [2.75, 3.05) is 6.54 Å². The first-order valence-electron chi connectivity index (χ1n) is 9.11. The summed E-state index contributed by atoms with van der Waals surface area (Å²) >= 11 is 0. The first-order chi connectivity index (χ1) is 12.8. The molecule has 27 heavy (non-hydrogen) atoms. The molecule has 1 aliphatic rings. The van der Waals surface area contributed by atoms with Gasteiger partial charge in [0, 0.05) is 5.56 Å². The molecule has 140 valence electrons. The predicted molar refractivity (Wildman–Crippen MR) is 104 cm³/mol. The number of nitrogens with one attached hydrogen (secondary N) is 1. The van der Waals surface area contributed by atoms with Crippen LogP contribution in [0.25, 0.3) is 0 Å². The highest BCUT2D eigenvalue weighted by Gasteiger charge is 2.51. The normalized spacial score (nSPS) is 19.3. The molecular formula is C22H24N2O3. The zero-order chi connectivity index (χ0) is 19.8. The van der Waals surface area contributed by atoms with Gasteiger partial charge < -0.3 is 5.32 Å². The van der Waals surface area contributed by atoms with E-state index in [9.17, 15) is 14.4 Å². The van der Waals surface area contributed by atoms with Crippen molar-refractivity contribution >= 4 is 17.7 Å². The number of urea groups is 1. The van der Waals surface area contributed by atoms with Crippen LogP contribution in [0.3, 0.4) is 0 Å². The third-order valence-corrected chi connectivity index (χ3v) is 5.42. The molecule has 5 heteroatoms. The fourth-order valence-corrected chi connectivity index (χ4v) is 3.62. The van der Waals surface area contributed by atoms with Crippen molar-refractivity contribution in [2.45, 2.75) is 39.7 Å². The maximum absolute atomic E-state index is 13.1. The minimum Gasteiger partial charge on any atom is -0.319 e. The van der Waals surface area contributed by atoms with E-state index >= 15 is 0 Å². The fraction of sp³-hybridized carbons (Fsp3) is 0.318. The second-order valence-electron chi connectivity index (χ2n) is 7.12. The van der Waals surface area contributed by atoms with Crippen LogP contribution in [0.15, 0.2) is 42.5 Å². The molecular weight excluding hydrogens is 340 g/mol. The van der Waals surface area contributed by atoms with Crippen LogP contribution in [0, 0.1) is 20.8 Å². The first kappa shape index (κ1) is 18.8. The van der Waals surface area contributed by atoms with Crippen molar-refractivity contribution < 1.29 is 14.4 Å². The smallest absolute Gasteiger partial charge is 0.319 e. The second-order valence-corrected chi connectivity index (χ2v) is 7.12. The SMILES string of the molecule is CC[C@@]1(c2ccccc2)NC(=O)N(CC(=O)c2cc(C)c(C)cc2C)C1=O. The minimum atomic E-state index is -1.11. The Morgan fingerprint density at radius 2 is 1.63 bits per heavy atom. The highest BCUT2D eigenvalue weighted by molar-refractivity contribution is 6.11.